The van der Waals surface area contributed by atoms with E-state index in [4.69, 9.17) is 9.73 Å². The molecule has 0 aromatic heterocycles. The van der Waals surface area contributed by atoms with Crippen LogP contribution >= 0.6 is 0 Å². The molecule has 1 N–H and O–H groups in total. The van der Waals surface area contributed by atoms with Crippen LogP contribution in [0.1, 0.15) is 30.5 Å². The van der Waals surface area contributed by atoms with Gasteiger partial charge in [-0.25, -0.2) is 0 Å². The van der Waals surface area contributed by atoms with E-state index in [0.29, 0.717) is 0 Å². The van der Waals surface area contributed by atoms with Crippen LogP contribution in [-0.2, 0) is 6.42 Å². The molecule has 0 radical (unpaired) electrons. The Balaban J connectivity index is 1.78. The number of benzene rings is 2. The standard InChI is InChI=1S/C19H21N3O/c1-19(2)12-15-6-4-5-7-17(15)18(21-19)22-20-13-14-8-10-16(23-3)11-9-14/h4-11,13H,12H2,1-3H3,(H,21,22)/b20-13-. The van der Waals surface area contributed by atoms with Crippen LogP contribution in [0.15, 0.2) is 58.6 Å². The van der Waals surface area contributed by atoms with Crippen LogP contribution in [0.2, 0.25) is 0 Å². The molecular formula is C19H21N3O. The highest BCUT2D eigenvalue weighted by Crippen LogP contribution is 2.25. The lowest BCUT2D eigenvalue weighted by molar-refractivity contribution is 0.415. The van der Waals surface area contributed by atoms with Gasteiger partial charge in [0.15, 0.2) is 0 Å². The van der Waals surface area contributed by atoms with Crippen LogP contribution in [0.25, 0.3) is 0 Å². The number of fused-ring (bicyclic) bond motifs is 1. The molecule has 4 heteroatoms. The number of nitrogens with zero attached hydrogens (tertiary/aromatic N) is 2. The Labute approximate surface area is 136 Å². The molecule has 1 aliphatic rings. The third kappa shape index (κ3) is 3.59. The smallest absolute Gasteiger partial charge is 0.149 e. The topological polar surface area (TPSA) is 46.0 Å². The Morgan fingerprint density at radius 2 is 1.87 bits per heavy atom. The third-order valence-electron chi connectivity index (χ3n) is 3.81. The van der Waals surface area contributed by atoms with Gasteiger partial charge in [0, 0.05) is 5.56 Å². The summed E-state index contributed by atoms with van der Waals surface area (Å²) >= 11 is 0. The van der Waals surface area contributed by atoms with E-state index in [1.807, 2.05) is 30.3 Å². The predicted octanol–water partition coefficient (Wildman–Crippen LogP) is 3.40. The quantitative estimate of drug-likeness (QED) is 0.698. The summed E-state index contributed by atoms with van der Waals surface area (Å²) in [6, 6.07) is 16.1. The largest absolute Gasteiger partial charge is 0.497 e. The average molecular weight is 307 g/mol. The number of rotatable bonds is 3. The number of hydrogen-bond acceptors (Lipinski definition) is 4. The fourth-order valence-electron chi connectivity index (χ4n) is 2.72. The van der Waals surface area contributed by atoms with Gasteiger partial charge in [-0.2, -0.15) is 5.10 Å². The zero-order valence-electron chi connectivity index (χ0n) is 13.7. The van der Waals surface area contributed by atoms with Crippen molar-refractivity contribution >= 4 is 12.1 Å². The number of methoxy groups -OCH3 is 1. The Kier molecular flexibility index (Phi) is 4.15. The minimum absolute atomic E-state index is 0.119. The second-order valence-electron chi connectivity index (χ2n) is 6.25. The summed E-state index contributed by atoms with van der Waals surface area (Å²) in [6.45, 7) is 4.27. The first-order valence-electron chi connectivity index (χ1n) is 7.69. The van der Waals surface area contributed by atoms with Gasteiger partial charge in [0.1, 0.15) is 11.6 Å². The molecule has 0 aliphatic carbocycles. The van der Waals surface area contributed by atoms with Gasteiger partial charge in [-0.3, -0.25) is 10.4 Å². The van der Waals surface area contributed by atoms with Gasteiger partial charge < -0.3 is 4.74 Å². The number of nitrogens with one attached hydrogen (secondary N) is 1. The predicted molar refractivity (Wildman–Crippen MR) is 94.5 cm³/mol. The van der Waals surface area contributed by atoms with E-state index in [0.717, 1.165) is 29.1 Å². The fraction of sp³-hybridized carbons (Fsp3) is 0.263. The molecule has 3 rings (SSSR count). The van der Waals surface area contributed by atoms with Crippen LogP contribution < -0.4 is 10.2 Å². The van der Waals surface area contributed by atoms with Gasteiger partial charge in [-0.15, -0.1) is 0 Å². The monoisotopic (exact) mass is 307 g/mol. The second-order valence-corrected chi connectivity index (χ2v) is 6.25. The zero-order valence-corrected chi connectivity index (χ0v) is 13.7. The minimum Gasteiger partial charge on any atom is -0.497 e. The third-order valence-corrected chi connectivity index (χ3v) is 3.81. The summed E-state index contributed by atoms with van der Waals surface area (Å²) in [5, 5.41) is 4.34. The molecule has 2 aromatic rings. The number of amidine groups is 1. The highest BCUT2D eigenvalue weighted by molar-refractivity contribution is 6.01. The van der Waals surface area contributed by atoms with Crippen molar-refractivity contribution in [1.29, 1.82) is 0 Å². The van der Waals surface area contributed by atoms with E-state index >= 15 is 0 Å². The first-order valence-corrected chi connectivity index (χ1v) is 7.69. The maximum atomic E-state index is 5.15. The molecule has 1 heterocycles. The van der Waals surface area contributed by atoms with Crippen molar-refractivity contribution < 1.29 is 4.74 Å². The molecule has 0 amide bonds. The maximum Gasteiger partial charge on any atom is 0.149 e. The first-order chi connectivity index (χ1) is 11.1. The van der Waals surface area contributed by atoms with Crippen LogP contribution in [0.4, 0.5) is 0 Å². The normalized spacial score (nSPS) is 15.9. The summed E-state index contributed by atoms with van der Waals surface area (Å²) < 4.78 is 5.15. The molecule has 4 nitrogen and oxygen atoms in total. The first kappa shape index (κ1) is 15.3. The van der Waals surface area contributed by atoms with E-state index in [9.17, 15) is 0 Å². The van der Waals surface area contributed by atoms with E-state index in [2.05, 4.69) is 42.6 Å². The summed E-state index contributed by atoms with van der Waals surface area (Å²) in [4.78, 5) is 4.79. The van der Waals surface area contributed by atoms with Crippen molar-refractivity contribution in [2.75, 3.05) is 7.11 Å². The Morgan fingerprint density at radius 1 is 1.13 bits per heavy atom. The molecule has 0 fully saturated rings. The molecule has 0 unspecified atom stereocenters. The molecule has 118 valence electrons. The molecule has 1 aliphatic heterocycles. The Hall–Kier alpha value is -2.62. The maximum absolute atomic E-state index is 5.15. The highest BCUT2D eigenvalue weighted by atomic mass is 16.5. The molecular weight excluding hydrogens is 286 g/mol. The molecule has 0 bridgehead atoms. The molecule has 0 spiro atoms. The van der Waals surface area contributed by atoms with Crippen LogP contribution in [0, 0.1) is 0 Å². The zero-order chi connectivity index (χ0) is 16.3. The van der Waals surface area contributed by atoms with Crippen molar-refractivity contribution in [2.24, 2.45) is 10.1 Å². The molecule has 0 saturated carbocycles. The number of ether oxygens (including phenoxy) is 1. The minimum atomic E-state index is -0.119. The summed E-state index contributed by atoms with van der Waals surface area (Å²) in [7, 11) is 1.66. The van der Waals surface area contributed by atoms with Crippen LogP contribution in [0.5, 0.6) is 5.75 Å². The number of hydrogen-bond donors (Lipinski definition) is 1. The fourth-order valence-corrected chi connectivity index (χ4v) is 2.72. The molecule has 0 saturated heterocycles. The lowest BCUT2D eigenvalue weighted by atomic mass is 9.89. The van der Waals surface area contributed by atoms with Gasteiger partial charge >= 0.3 is 0 Å². The summed E-state index contributed by atoms with van der Waals surface area (Å²) in [6.07, 6.45) is 2.72. The van der Waals surface area contributed by atoms with Crippen molar-refractivity contribution in [3.63, 3.8) is 0 Å². The van der Waals surface area contributed by atoms with Gasteiger partial charge in [-0.05, 0) is 55.7 Å². The van der Waals surface area contributed by atoms with E-state index in [1.54, 1.807) is 13.3 Å². The van der Waals surface area contributed by atoms with Crippen molar-refractivity contribution in [1.82, 2.24) is 5.43 Å². The van der Waals surface area contributed by atoms with E-state index < -0.39 is 0 Å². The van der Waals surface area contributed by atoms with Crippen LogP contribution in [-0.4, -0.2) is 24.7 Å². The van der Waals surface area contributed by atoms with Gasteiger partial charge in [0.25, 0.3) is 0 Å². The van der Waals surface area contributed by atoms with Gasteiger partial charge in [0.2, 0.25) is 0 Å². The van der Waals surface area contributed by atoms with Crippen molar-refractivity contribution in [3.05, 3.63) is 65.2 Å². The lowest BCUT2D eigenvalue weighted by Crippen LogP contribution is -2.34. The second kappa shape index (κ2) is 6.24. The van der Waals surface area contributed by atoms with Crippen LogP contribution in [0.3, 0.4) is 0 Å². The summed E-state index contributed by atoms with van der Waals surface area (Å²) in [5.74, 6) is 1.66. The lowest BCUT2D eigenvalue weighted by Gasteiger charge is -2.28. The molecule has 0 atom stereocenters. The van der Waals surface area contributed by atoms with Crippen molar-refractivity contribution in [2.45, 2.75) is 25.8 Å². The average Bonchev–Trinajstić information content (AvgIpc) is 2.54. The SMILES string of the molecule is COc1ccc(/C=N\NC2=NC(C)(C)Cc3ccccc32)cc1. The molecule has 2 aromatic carbocycles. The highest BCUT2D eigenvalue weighted by Gasteiger charge is 2.26. The van der Waals surface area contributed by atoms with E-state index in [1.165, 1.54) is 5.56 Å². The van der Waals surface area contributed by atoms with Gasteiger partial charge in [-0.1, -0.05) is 24.3 Å². The van der Waals surface area contributed by atoms with Crippen molar-refractivity contribution in [3.8, 4) is 5.75 Å². The van der Waals surface area contributed by atoms with Gasteiger partial charge in [0.05, 0.1) is 18.9 Å². The number of hydrazone groups is 1. The Morgan fingerprint density at radius 3 is 2.61 bits per heavy atom. The number of aliphatic imine (C=N–C) groups is 1. The summed E-state index contributed by atoms with van der Waals surface area (Å²) in [5.41, 5.74) is 6.41. The molecule has 23 heavy (non-hydrogen) atoms. The van der Waals surface area contributed by atoms with E-state index in [-0.39, 0.29) is 5.54 Å². The Bertz CT molecular complexity index is 745.